The standard InChI is InChI=1S/C11H18BrN3O/c1-9-10(8-14-15(9)2)11(16)13-7-5-3-4-6-12/h8H,3-7H2,1-2H3,(H,13,16). The monoisotopic (exact) mass is 287 g/mol. The van der Waals surface area contributed by atoms with Gasteiger partial charge in [0.2, 0.25) is 0 Å². The van der Waals surface area contributed by atoms with Gasteiger partial charge in [-0.2, -0.15) is 5.10 Å². The maximum atomic E-state index is 11.7. The van der Waals surface area contributed by atoms with Gasteiger partial charge in [0.15, 0.2) is 0 Å². The van der Waals surface area contributed by atoms with Crippen molar-refractivity contribution in [2.75, 3.05) is 11.9 Å². The summed E-state index contributed by atoms with van der Waals surface area (Å²) in [5.41, 5.74) is 1.57. The number of nitrogens with one attached hydrogen (secondary N) is 1. The Morgan fingerprint density at radius 3 is 2.81 bits per heavy atom. The number of nitrogens with zero attached hydrogens (tertiary/aromatic N) is 2. The summed E-state index contributed by atoms with van der Waals surface area (Å²) in [4.78, 5) is 11.7. The second-order valence-corrected chi connectivity index (χ2v) is 4.57. The van der Waals surface area contributed by atoms with E-state index in [1.54, 1.807) is 10.9 Å². The number of hydrogen-bond acceptors (Lipinski definition) is 2. The minimum Gasteiger partial charge on any atom is -0.352 e. The highest BCUT2D eigenvalue weighted by molar-refractivity contribution is 9.09. The molecule has 0 radical (unpaired) electrons. The molecular formula is C11H18BrN3O. The van der Waals surface area contributed by atoms with Gasteiger partial charge in [-0.05, 0) is 19.8 Å². The number of rotatable bonds is 6. The molecule has 0 atom stereocenters. The number of halogens is 1. The van der Waals surface area contributed by atoms with Crippen molar-refractivity contribution in [2.45, 2.75) is 26.2 Å². The summed E-state index contributed by atoms with van der Waals surface area (Å²) < 4.78 is 1.71. The Labute approximate surface area is 105 Å². The van der Waals surface area contributed by atoms with E-state index in [1.165, 1.54) is 0 Å². The zero-order chi connectivity index (χ0) is 12.0. The summed E-state index contributed by atoms with van der Waals surface area (Å²) in [6, 6.07) is 0. The number of aryl methyl sites for hydroxylation is 1. The van der Waals surface area contributed by atoms with E-state index in [2.05, 4.69) is 26.3 Å². The van der Waals surface area contributed by atoms with Gasteiger partial charge in [-0.1, -0.05) is 22.4 Å². The first kappa shape index (κ1) is 13.2. The fraction of sp³-hybridized carbons (Fsp3) is 0.636. The van der Waals surface area contributed by atoms with Crippen molar-refractivity contribution >= 4 is 21.8 Å². The first-order valence-electron chi connectivity index (χ1n) is 5.49. The van der Waals surface area contributed by atoms with Crippen LogP contribution in [0.25, 0.3) is 0 Å². The van der Waals surface area contributed by atoms with E-state index in [4.69, 9.17) is 0 Å². The van der Waals surface area contributed by atoms with Gasteiger partial charge >= 0.3 is 0 Å². The molecule has 0 unspecified atom stereocenters. The lowest BCUT2D eigenvalue weighted by atomic mass is 10.2. The summed E-state index contributed by atoms with van der Waals surface area (Å²) in [5.74, 6) is -0.0237. The van der Waals surface area contributed by atoms with Gasteiger partial charge in [-0.3, -0.25) is 9.48 Å². The second kappa shape index (κ2) is 6.68. The van der Waals surface area contributed by atoms with Crippen molar-refractivity contribution in [3.8, 4) is 0 Å². The van der Waals surface area contributed by atoms with Crippen molar-refractivity contribution in [1.29, 1.82) is 0 Å². The van der Waals surface area contributed by atoms with E-state index < -0.39 is 0 Å². The Balaban J connectivity index is 2.33. The van der Waals surface area contributed by atoms with Gasteiger partial charge in [0.05, 0.1) is 11.8 Å². The van der Waals surface area contributed by atoms with E-state index in [0.717, 1.165) is 36.8 Å². The summed E-state index contributed by atoms with van der Waals surface area (Å²) >= 11 is 3.38. The minimum atomic E-state index is -0.0237. The molecule has 1 aromatic heterocycles. The Kier molecular flexibility index (Phi) is 5.52. The Morgan fingerprint density at radius 2 is 2.25 bits per heavy atom. The van der Waals surface area contributed by atoms with Crippen LogP contribution < -0.4 is 5.32 Å². The van der Waals surface area contributed by atoms with Crippen LogP contribution in [0.4, 0.5) is 0 Å². The topological polar surface area (TPSA) is 46.9 Å². The number of aromatic nitrogens is 2. The molecule has 90 valence electrons. The number of carbonyl (C=O) groups excluding carboxylic acids is 1. The Morgan fingerprint density at radius 1 is 1.50 bits per heavy atom. The lowest BCUT2D eigenvalue weighted by Gasteiger charge is -2.04. The maximum absolute atomic E-state index is 11.7. The largest absolute Gasteiger partial charge is 0.352 e. The number of hydrogen-bond donors (Lipinski definition) is 1. The van der Waals surface area contributed by atoms with Crippen molar-refractivity contribution in [2.24, 2.45) is 7.05 Å². The summed E-state index contributed by atoms with van der Waals surface area (Å²) in [7, 11) is 1.84. The maximum Gasteiger partial charge on any atom is 0.254 e. The van der Waals surface area contributed by atoms with Crippen LogP contribution in [0, 0.1) is 6.92 Å². The van der Waals surface area contributed by atoms with Gasteiger partial charge in [-0.15, -0.1) is 0 Å². The second-order valence-electron chi connectivity index (χ2n) is 3.77. The van der Waals surface area contributed by atoms with Crippen LogP contribution in [0.5, 0.6) is 0 Å². The van der Waals surface area contributed by atoms with E-state index in [-0.39, 0.29) is 5.91 Å². The highest BCUT2D eigenvalue weighted by atomic mass is 79.9. The fourth-order valence-corrected chi connectivity index (χ4v) is 1.81. The summed E-state index contributed by atoms with van der Waals surface area (Å²) in [6.45, 7) is 2.63. The Hall–Kier alpha value is -0.840. The molecule has 0 aromatic carbocycles. The van der Waals surface area contributed by atoms with Gasteiger partial charge in [0, 0.05) is 24.6 Å². The smallest absolute Gasteiger partial charge is 0.254 e. The minimum absolute atomic E-state index is 0.0237. The molecule has 4 nitrogen and oxygen atoms in total. The molecule has 16 heavy (non-hydrogen) atoms. The highest BCUT2D eigenvalue weighted by Gasteiger charge is 2.11. The van der Waals surface area contributed by atoms with Crippen molar-refractivity contribution in [3.63, 3.8) is 0 Å². The van der Waals surface area contributed by atoms with E-state index in [0.29, 0.717) is 5.56 Å². The van der Waals surface area contributed by atoms with Gasteiger partial charge < -0.3 is 5.32 Å². The molecule has 0 aliphatic rings. The van der Waals surface area contributed by atoms with Gasteiger partial charge in [0.25, 0.3) is 5.91 Å². The van der Waals surface area contributed by atoms with Crippen molar-refractivity contribution in [1.82, 2.24) is 15.1 Å². The molecule has 0 bridgehead atoms. The quantitative estimate of drug-likeness (QED) is 0.643. The average Bonchev–Trinajstić information content (AvgIpc) is 2.59. The van der Waals surface area contributed by atoms with E-state index in [9.17, 15) is 4.79 Å². The molecule has 5 heteroatoms. The lowest BCUT2D eigenvalue weighted by Crippen LogP contribution is -2.24. The molecule has 0 aliphatic heterocycles. The lowest BCUT2D eigenvalue weighted by molar-refractivity contribution is 0.0952. The predicted molar refractivity (Wildman–Crippen MR) is 67.9 cm³/mol. The van der Waals surface area contributed by atoms with E-state index >= 15 is 0 Å². The van der Waals surface area contributed by atoms with Crippen LogP contribution in [0.2, 0.25) is 0 Å². The van der Waals surface area contributed by atoms with E-state index in [1.807, 2.05) is 14.0 Å². The first-order chi connectivity index (χ1) is 7.66. The third-order valence-electron chi connectivity index (χ3n) is 2.58. The molecule has 1 amide bonds. The summed E-state index contributed by atoms with van der Waals surface area (Å²) in [5, 5.41) is 7.98. The predicted octanol–water partition coefficient (Wildman–Crippen LogP) is 2.02. The first-order valence-corrected chi connectivity index (χ1v) is 6.61. The average molecular weight is 288 g/mol. The zero-order valence-corrected chi connectivity index (χ0v) is 11.4. The fourth-order valence-electron chi connectivity index (χ4n) is 1.42. The number of alkyl halides is 1. The van der Waals surface area contributed by atoms with Crippen LogP contribution in [0.15, 0.2) is 6.20 Å². The van der Waals surface area contributed by atoms with Crippen molar-refractivity contribution in [3.05, 3.63) is 17.5 Å². The third kappa shape index (κ3) is 3.63. The normalized spacial score (nSPS) is 10.4. The number of unbranched alkanes of at least 4 members (excludes halogenated alkanes) is 2. The molecular weight excluding hydrogens is 270 g/mol. The number of amides is 1. The molecule has 0 saturated heterocycles. The molecule has 0 spiro atoms. The molecule has 1 N–H and O–H groups in total. The molecule has 1 aromatic rings. The van der Waals surface area contributed by atoms with Crippen LogP contribution in [0.3, 0.4) is 0 Å². The number of carbonyl (C=O) groups is 1. The SMILES string of the molecule is Cc1c(C(=O)NCCCCCBr)cnn1C. The molecule has 0 aliphatic carbocycles. The van der Waals surface area contributed by atoms with Crippen LogP contribution in [0.1, 0.15) is 35.3 Å². The molecule has 1 heterocycles. The van der Waals surface area contributed by atoms with Crippen LogP contribution in [-0.4, -0.2) is 27.6 Å². The van der Waals surface area contributed by atoms with Gasteiger partial charge in [-0.25, -0.2) is 0 Å². The summed E-state index contributed by atoms with van der Waals surface area (Å²) in [6.07, 6.45) is 4.93. The molecule has 0 saturated carbocycles. The van der Waals surface area contributed by atoms with Crippen LogP contribution >= 0.6 is 15.9 Å². The van der Waals surface area contributed by atoms with Crippen molar-refractivity contribution < 1.29 is 4.79 Å². The van der Waals surface area contributed by atoms with Crippen LogP contribution in [-0.2, 0) is 7.05 Å². The molecule has 1 rings (SSSR count). The highest BCUT2D eigenvalue weighted by Crippen LogP contribution is 2.05. The third-order valence-corrected chi connectivity index (χ3v) is 3.14. The van der Waals surface area contributed by atoms with Gasteiger partial charge in [0.1, 0.15) is 0 Å². The molecule has 0 fully saturated rings. The Bertz CT molecular complexity index is 349. The zero-order valence-electron chi connectivity index (χ0n) is 9.79.